The lowest BCUT2D eigenvalue weighted by Crippen LogP contribution is -2.31. The van der Waals surface area contributed by atoms with Gasteiger partial charge in [0.1, 0.15) is 5.82 Å². The van der Waals surface area contributed by atoms with Gasteiger partial charge in [-0.2, -0.15) is 0 Å². The maximum atomic E-state index is 13.0. The van der Waals surface area contributed by atoms with E-state index in [0.29, 0.717) is 0 Å². The van der Waals surface area contributed by atoms with Crippen molar-refractivity contribution in [3.05, 3.63) is 35.6 Å². The lowest BCUT2D eigenvalue weighted by atomic mass is 9.99. The number of rotatable bonds is 5. The molecule has 0 saturated heterocycles. The first-order chi connectivity index (χ1) is 8.93. The number of nitrogens with two attached hydrogens (primary N) is 2. The van der Waals surface area contributed by atoms with Gasteiger partial charge in [-0.25, -0.2) is 12.8 Å². The van der Waals surface area contributed by atoms with E-state index < -0.39 is 20.5 Å². The molecule has 0 aliphatic heterocycles. The van der Waals surface area contributed by atoms with Crippen LogP contribution in [-0.2, 0) is 9.84 Å². The molecule has 1 saturated carbocycles. The van der Waals surface area contributed by atoms with Crippen LogP contribution in [0.4, 0.5) is 4.39 Å². The topological polar surface area (TPSA) is 86.2 Å². The highest BCUT2D eigenvalue weighted by atomic mass is 32.2. The molecule has 0 aromatic heterocycles. The molecule has 1 aromatic carbocycles. The fourth-order valence-electron chi connectivity index (χ4n) is 2.94. The molecule has 0 spiro atoms. The van der Waals surface area contributed by atoms with Crippen LogP contribution in [0.3, 0.4) is 0 Å². The molecule has 1 fully saturated rings. The Bertz CT molecular complexity index is 553. The van der Waals surface area contributed by atoms with Crippen molar-refractivity contribution in [2.45, 2.75) is 18.1 Å². The lowest BCUT2D eigenvalue weighted by molar-refractivity contribution is 0.510. The Morgan fingerprint density at radius 2 is 1.74 bits per heavy atom. The molecule has 1 aliphatic rings. The van der Waals surface area contributed by atoms with E-state index in [-0.39, 0.29) is 30.6 Å². The van der Waals surface area contributed by atoms with Crippen molar-refractivity contribution in [2.75, 3.05) is 18.8 Å². The summed E-state index contributed by atoms with van der Waals surface area (Å²) in [5.41, 5.74) is 11.7. The minimum absolute atomic E-state index is 0.0666. The second-order valence-electron chi connectivity index (χ2n) is 5.04. The molecular weight excluding hydrogens is 267 g/mol. The lowest BCUT2D eigenvalue weighted by Gasteiger charge is -2.12. The largest absolute Gasteiger partial charge is 0.330 e. The Kier molecular flexibility index (Phi) is 3.68. The Morgan fingerprint density at radius 1 is 1.21 bits per heavy atom. The molecule has 0 amide bonds. The van der Waals surface area contributed by atoms with E-state index in [1.807, 2.05) is 0 Å². The van der Waals surface area contributed by atoms with Crippen molar-refractivity contribution >= 4 is 9.84 Å². The van der Waals surface area contributed by atoms with Crippen LogP contribution in [0.5, 0.6) is 0 Å². The van der Waals surface area contributed by atoms with E-state index >= 15 is 0 Å². The summed E-state index contributed by atoms with van der Waals surface area (Å²) in [4.78, 5) is 0. The monoisotopic (exact) mass is 286 g/mol. The van der Waals surface area contributed by atoms with Gasteiger partial charge in [0.05, 0.1) is 5.25 Å². The van der Waals surface area contributed by atoms with E-state index in [2.05, 4.69) is 0 Å². The second-order valence-corrected chi connectivity index (χ2v) is 7.45. The molecule has 19 heavy (non-hydrogen) atoms. The summed E-state index contributed by atoms with van der Waals surface area (Å²) in [7, 11) is -3.22. The number of benzene rings is 1. The summed E-state index contributed by atoms with van der Waals surface area (Å²) in [6.07, 6.45) is 0. The molecule has 6 heteroatoms. The van der Waals surface area contributed by atoms with Gasteiger partial charge in [-0.15, -0.1) is 0 Å². The third-order valence-electron chi connectivity index (χ3n) is 4.16. The van der Waals surface area contributed by atoms with Crippen LogP contribution in [0.15, 0.2) is 24.3 Å². The van der Waals surface area contributed by atoms with Crippen LogP contribution in [0, 0.1) is 11.2 Å². The Balaban J connectivity index is 2.42. The number of hydrogen-bond acceptors (Lipinski definition) is 4. The molecule has 0 bridgehead atoms. The average molecular weight is 286 g/mol. The molecule has 4 nitrogen and oxygen atoms in total. The number of hydrogen-bond donors (Lipinski definition) is 2. The quantitative estimate of drug-likeness (QED) is 0.831. The fraction of sp³-hybridized carbons (Fsp3) is 0.538. The SMILES string of the molecule is CCS(=O)(=O)[C@@H]1[C@@H](c2ccc(F)cc2)C1(CN)CN. The predicted molar refractivity (Wildman–Crippen MR) is 72.9 cm³/mol. The number of halogens is 1. The van der Waals surface area contributed by atoms with Gasteiger partial charge >= 0.3 is 0 Å². The number of sulfone groups is 1. The van der Waals surface area contributed by atoms with Gasteiger partial charge in [0, 0.05) is 30.2 Å². The smallest absolute Gasteiger partial charge is 0.154 e. The highest BCUT2D eigenvalue weighted by Gasteiger charge is 2.68. The molecule has 0 unspecified atom stereocenters. The van der Waals surface area contributed by atoms with Crippen molar-refractivity contribution in [3.8, 4) is 0 Å². The van der Waals surface area contributed by atoms with Gasteiger partial charge in [-0.05, 0) is 17.7 Å². The molecule has 106 valence electrons. The molecule has 4 N–H and O–H groups in total. The molecule has 2 atom stereocenters. The van der Waals surface area contributed by atoms with E-state index in [0.717, 1.165) is 5.56 Å². The first kappa shape index (κ1) is 14.4. The van der Waals surface area contributed by atoms with Crippen LogP contribution < -0.4 is 11.5 Å². The zero-order chi connectivity index (χ0) is 14.3. The first-order valence-electron chi connectivity index (χ1n) is 6.30. The van der Waals surface area contributed by atoms with Crippen LogP contribution >= 0.6 is 0 Å². The van der Waals surface area contributed by atoms with Crippen molar-refractivity contribution < 1.29 is 12.8 Å². The third-order valence-corrected chi connectivity index (χ3v) is 6.48. The summed E-state index contributed by atoms with van der Waals surface area (Å²) in [5.74, 6) is -0.504. The highest BCUT2D eigenvalue weighted by Crippen LogP contribution is 2.61. The van der Waals surface area contributed by atoms with Crippen LogP contribution in [0.2, 0.25) is 0 Å². The van der Waals surface area contributed by atoms with Crippen LogP contribution in [0.1, 0.15) is 18.4 Å². The van der Waals surface area contributed by atoms with Gasteiger partial charge < -0.3 is 11.5 Å². The zero-order valence-electron chi connectivity index (χ0n) is 10.8. The minimum Gasteiger partial charge on any atom is -0.330 e. The Morgan fingerprint density at radius 3 is 2.16 bits per heavy atom. The van der Waals surface area contributed by atoms with Crippen LogP contribution in [-0.4, -0.2) is 32.5 Å². The van der Waals surface area contributed by atoms with Gasteiger partial charge in [-0.3, -0.25) is 0 Å². The highest BCUT2D eigenvalue weighted by molar-refractivity contribution is 7.92. The molecule has 0 radical (unpaired) electrons. The maximum Gasteiger partial charge on any atom is 0.154 e. The Labute approximate surface area is 112 Å². The van der Waals surface area contributed by atoms with Gasteiger partial charge in [0.2, 0.25) is 0 Å². The van der Waals surface area contributed by atoms with Gasteiger partial charge in [-0.1, -0.05) is 19.1 Å². The minimum atomic E-state index is -3.22. The molecule has 2 rings (SSSR count). The summed E-state index contributed by atoms with van der Waals surface area (Å²) in [6.45, 7) is 2.05. The maximum absolute atomic E-state index is 13.0. The molecule has 1 aliphatic carbocycles. The van der Waals surface area contributed by atoms with Crippen molar-refractivity contribution in [3.63, 3.8) is 0 Å². The molecule has 0 heterocycles. The predicted octanol–water partition coefficient (Wildman–Crippen LogP) is 0.630. The van der Waals surface area contributed by atoms with E-state index in [4.69, 9.17) is 11.5 Å². The average Bonchev–Trinajstić information content (AvgIpc) is 3.10. The zero-order valence-corrected chi connectivity index (χ0v) is 11.7. The normalized spacial score (nSPS) is 25.3. The van der Waals surface area contributed by atoms with Crippen LogP contribution in [0.25, 0.3) is 0 Å². The standard InChI is InChI=1S/C13H19FN2O2S/c1-2-19(17,18)12-11(13(12,7-15)8-16)9-3-5-10(14)6-4-9/h3-6,11-12H,2,7-8,15-16H2,1H3/t11-,12-/m1/s1. The summed E-state index contributed by atoms with van der Waals surface area (Å²) in [6, 6.07) is 5.90. The summed E-state index contributed by atoms with van der Waals surface area (Å²) >= 11 is 0. The molecule has 1 aromatic rings. The van der Waals surface area contributed by atoms with Crippen molar-refractivity contribution in [2.24, 2.45) is 16.9 Å². The van der Waals surface area contributed by atoms with Crippen molar-refractivity contribution in [1.82, 2.24) is 0 Å². The van der Waals surface area contributed by atoms with Gasteiger partial charge in [0.15, 0.2) is 9.84 Å². The van der Waals surface area contributed by atoms with Crippen molar-refractivity contribution in [1.29, 1.82) is 0 Å². The first-order valence-corrected chi connectivity index (χ1v) is 8.01. The fourth-order valence-corrected chi connectivity index (χ4v) is 5.12. The summed E-state index contributed by atoms with van der Waals surface area (Å²) < 4.78 is 37.3. The third kappa shape index (κ3) is 2.17. The second kappa shape index (κ2) is 4.85. The van der Waals surface area contributed by atoms with E-state index in [1.165, 1.54) is 12.1 Å². The van der Waals surface area contributed by atoms with E-state index in [1.54, 1.807) is 19.1 Å². The van der Waals surface area contributed by atoms with E-state index in [9.17, 15) is 12.8 Å². The van der Waals surface area contributed by atoms with Gasteiger partial charge in [0.25, 0.3) is 0 Å². The summed E-state index contributed by atoms with van der Waals surface area (Å²) in [5, 5.41) is -0.550. The Hall–Kier alpha value is -0.980. The molecular formula is C13H19FN2O2S.